The van der Waals surface area contributed by atoms with Crippen molar-refractivity contribution in [3.05, 3.63) is 35.2 Å². The van der Waals surface area contributed by atoms with Crippen molar-refractivity contribution in [3.8, 4) is 0 Å². The molecule has 4 rings (SSSR count). The van der Waals surface area contributed by atoms with Gasteiger partial charge in [-0.2, -0.15) is 0 Å². The minimum Gasteiger partial charge on any atom is -0.352 e. The number of carbonyl (C=O) groups is 2. The molecule has 1 aromatic heterocycles. The van der Waals surface area contributed by atoms with Gasteiger partial charge in [-0.15, -0.1) is 0 Å². The number of aromatic nitrogens is 2. The second kappa shape index (κ2) is 7.86. The van der Waals surface area contributed by atoms with Crippen LogP contribution in [-0.2, 0) is 4.79 Å². The van der Waals surface area contributed by atoms with Gasteiger partial charge in [0.1, 0.15) is 6.04 Å². The van der Waals surface area contributed by atoms with Crippen molar-refractivity contribution >= 4 is 22.8 Å². The van der Waals surface area contributed by atoms with Gasteiger partial charge in [0.15, 0.2) is 0 Å². The first-order valence-corrected chi connectivity index (χ1v) is 10.4. The van der Waals surface area contributed by atoms with E-state index in [-0.39, 0.29) is 23.9 Å². The zero-order chi connectivity index (χ0) is 19.7. The highest BCUT2D eigenvalue weighted by molar-refractivity contribution is 6.00. The molecule has 1 atom stereocenters. The van der Waals surface area contributed by atoms with Gasteiger partial charge in [-0.05, 0) is 57.7 Å². The molecule has 148 valence electrons. The van der Waals surface area contributed by atoms with Crippen molar-refractivity contribution in [3.63, 3.8) is 0 Å². The lowest BCUT2D eigenvalue weighted by Gasteiger charge is -2.28. The molecule has 0 bridgehead atoms. The molecule has 6 nitrogen and oxygen atoms in total. The molecular weight excluding hydrogens is 352 g/mol. The van der Waals surface area contributed by atoms with Gasteiger partial charge in [0.2, 0.25) is 5.91 Å². The highest BCUT2D eigenvalue weighted by Gasteiger charge is 2.35. The number of hydrogen-bond acceptors (Lipinski definition) is 4. The highest BCUT2D eigenvalue weighted by atomic mass is 16.2. The average molecular weight is 380 g/mol. The summed E-state index contributed by atoms with van der Waals surface area (Å²) >= 11 is 0. The van der Waals surface area contributed by atoms with Crippen molar-refractivity contribution in [2.75, 3.05) is 6.54 Å². The maximum Gasteiger partial charge on any atom is 0.254 e. The van der Waals surface area contributed by atoms with Crippen LogP contribution in [0.3, 0.4) is 0 Å². The molecule has 6 heteroatoms. The van der Waals surface area contributed by atoms with E-state index in [0.29, 0.717) is 12.1 Å². The van der Waals surface area contributed by atoms with E-state index in [0.717, 1.165) is 48.1 Å². The third kappa shape index (κ3) is 3.73. The second-order valence-electron chi connectivity index (χ2n) is 8.10. The Kier molecular flexibility index (Phi) is 5.29. The molecule has 28 heavy (non-hydrogen) atoms. The summed E-state index contributed by atoms with van der Waals surface area (Å²) in [4.78, 5) is 36.8. The number of carbonyl (C=O) groups excluding carboxylic acids is 2. The molecule has 0 radical (unpaired) electrons. The SMILES string of the molecule is Cc1nc2ccc(C(=O)N3CCC[C@@H]3C(=O)NC3CCCCC3)cc2nc1C. The molecule has 1 N–H and O–H groups in total. The van der Waals surface area contributed by atoms with Crippen LogP contribution in [-0.4, -0.2) is 45.3 Å². The van der Waals surface area contributed by atoms with Gasteiger partial charge in [-0.25, -0.2) is 9.97 Å². The van der Waals surface area contributed by atoms with Gasteiger partial charge >= 0.3 is 0 Å². The van der Waals surface area contributed by atoms with Gasteiger partial charge in [-0.1, -0.05) is 19.3 Å². The Bertz CT molecular complexity index is 905. The summed E-state index contributed by atoms with van der Waals surface area (Å²) < 4.78 is 0. The molecule has 1 aliphatic heterocycles. The topological polar surface area (TPSA) is 75.2 Å². The van der Waals surface area contributed by atoms with Crippen LogP contribution in [0.25, 0.3) is 11.0 Å². The lowest BCUT2D eigenvalue weighted by Crippen LogP contribution is -2.49. The number of hydrogen-bond donors (Lipinski definition) is 1. The third-order valence-corrected chi connectivity index (χ3v) is 6.09. The first-order valence-electron chi connectivity index (χ1n) is 10.4. The Labute approximate surface area is 165 Å². The van der Waals surface area contributed by atoms with Crippen LogP contribution >= 0.6 is 0 Å². The van der Waals surface area contributed by atoms with Gasteiger partial charge < -0.3 is 10.2 Å². The van der Waals surface area contributed by atoms with Crippen molar-refractivity contribution < 1.29 is 9.59 Å². The zero-order valence-electron chi connectivity index (χ0n) is 16.7. The quantitative estimate of drug-likeness (QED) is 0.886. The molecule has 1 aromatic carbocycles. The number of benzene rings is 1. The fourth-order valence-corrected chi connectivity index (χ4v) is 4.36. The van der Waals surface area contributed by atoms with Crippen LogP contribution in [0.5, 0.6) is 0 Å². The predicted molar refractivity (Wildman–Crippen MR) is 108 cm³/mol. The summed E-state index contributed by atoms with van der Waals surface area (Å²) in [5.74, 6) is -0.0898. The molecule has 0 unspecified atom stereocenters. The summed E-state index contributed by atoms with van der Waals surface area (Å²) in [6.07, 6.45) is 7.30. The molecular formula is C22H28N4O2. The van der Waals surface area contributed by atoms with E-state index in [1.54, 1.807) is 17.0 Å². The highest BCUT2D eigenvalue weighted by Crippen LogP contribution is 2.24. The Hall–Kier alpha value is -2.50. The molecule has 2 amide bonds. The first-order chi connectivity index (χ1) is 13.5. The first kappa shape index (κ1) is 18.8. The van der Waals surface area contributed by atoms with E-state index in [4.69, 9.17) is 0 Å². The fraction of sp³-hybridized carbons (Fsp3) is 0.545. The van der Waals surface area contributed by atoms with Gasteiger partial charge in [0.25, 0.3) is 5.91 Å². The maximum atomic E-state index is 13.1. The van der Waals surface area contributed by atoms with Crippen molar-refractivity contribution in [1.29, 1.82) is 0 Å². The predicted octanol–water partition coefficient (Wildman–Crippen LogP) is 3.30. The van der Waals surface area contributed by atoms with Gasteiger partial charge in [0, 0.05) is 18.2 Å². The lowest BCUT2D eigenvalue weighted by molar-refractivity contribution is -0.125. The number of rotatable bonds is 3. The summed E-state index contributed by atoms with van der Waals surface area (Å²) in [7, 11) is 0. The number of amides is 2. The molecule has 2 heterocycles. The molecule has 0 spiro atoms. The van der Waals surface area contributed by atoms with E-state index in [2.05, 4.69) is 15.3 Å². The Morgan fingerprint density at radius 3 is 2.43 bits per heavy atom. The van der Waals surface area contributed by atoms with Crippen molar-refractivity contribution in [2.24, 2.45) is 0 Å². The van der Waals surface area contributed by atoms with Crippen LogP contribution < -0.4 is 5.32 Å². The van der Waals surface area contributed by atoms with E-state index in [9.17, 15) is 9.59 Å². The minimum atomic E-state index is -0.365. The number of likely N-dealkylation sites (tertiary alicyclic amines) is 1. The van der Waals surface area contributed by atoms with Crippen LogP contribution in [0, 0.1) is 13.8 Å². The Morgan fingerprint density at radius 1 is 0.964 bits per heavy atom. The van der Waals surface area contributed by atoms with Crippen molar-refractivity contribution in [2.45, 2.75) is 70.9 Å². The Balaban J connectivity index is 1.52. The van der Waals surface area contributed by atoms with Crippen molar-refractivity contribution in [1.82, 2.24) is 20.2 Å². The minimum absolute atomic E-state index is 0.00444. The standard InChI is InChI=1S/C22H28N4O2/c1-14-15(2)24-19-13-16(10-11-18(19)23-14)22(28)26-12-6-9-20(26)21(27)25-17-7-4-3-5-8-17/h10-11,13,17,20H,3-9,12H2,1-2H3,(H,25,27)/t20-/m1/s1. The molecule has 1 saturated heterocycles. The molecule has 2 aromatic rings. The third-order valence-electron chi connectivity index (χ3n) is 6.09. The molecule has 1 aliphatic carbocycles. The van der Waals surface area contributed by atoms with E-state index >= 15 is 0 Å². The van der Waals surface area contributed by atoms with Gasteiger partial charge in [0.05, 0.1) is 22.4 Å². The van der Waals surface area contributed by atoms with Gasteiger partial charge in [-0.3, -0.25) is 9.59 Å². The van der Waals surface area contributed by atoms with Crippen LogP contribution in [0.1, 0.15) is 66.7 Å². The summed E-state index contributed by atoms with van der Waals surface area (Å²) in [5, 5.41) is 3.19. The summed E-state index contributed by atoms with van der Waals surface area (Å²) in [6.45, 7) is 4.47. The Morgan fingerprint density at radius 2 is 1.68 bits per heavy atom. The van der Waals surface area contributed by atoms with Crippen LogP contribution in [0.15, 0.2) is 18.2 Å². The maximum absolute atomic E-state index is 13.1. The average Bonchev–Trinajstić information content (AvgIpc) is 3.19. The summed E-state index contributed by atoms with van der Waals surface area (Å²) in [6, 6.07) is 5.33. The lowest BCUT2D eigenvalue weighted by atomic mass is 9.95. The van der Waals surface area contributed by atoms with Crippen LogP contribution in [0.2, 0.25) is 0 Å². The fourth-order valence-electron chi connectivity index (χ4n) is 4.36. The molecule has 1 saturated carbocycles. The van der Waals surface area contributed by atoms with E-state index in [1.165, 1.54) is 19.3 Å². The zero-order valence-corrected chi connectivity index (χ0v) is 16.7. The smallest absolute Gasteiger partial charge is 0.254 e. The molecule has 2 fully saturated rings. The number of aryl methyl sites for hydroxylation is 2. The van der Waals surface area contributed by atoms with E-state index < -0.39 is 0 Å². The number of nitrogens with zero attached hydrogens (tertiary/aromatic N) is 3. The second-order valence-corrected chi connectivity index (χ2v) is 8.10. The van der Waals surface area contributed by atoms with E-state index in [1.807, 2.05) is 19.9 Å². The van der Waals surface area contributed by atoms with Crippen LogP contribution in [0.4, 0.5) is 0 Å². The molecule has 2 aliphatic rings. The number of fused-ring (bicyclic) bond motifs is 1. The number of nitrogens with one attached hydrogen (secondary N) is 1. The monoisotopic (exact) mass is 380 g/mol. The largest absolute Gasteiger partial charge is 0.352 e. The summed E-state index contributed by atoms with van der Waals surface area (Å²) in [5.41, 5.74) is 3.83. The normalized spacial score (nSPS) is 20.5.